The van der Waals surface area contributed by atoms with Crippen molar-refractivity contribution >= 4 is 17.3 Å². The number of benzene rings is 2. The molecule has 0 saturated carbocycles. The molecule has 0 amide bonds. The Morgan fingerprint density at radius 2 is 2.05 bits per heavy atom. The zero-order valence-electron chi connectivity index (χ0n) is 12.3. The average Bonchev–Trinajstić information content (AvgIpc) is 2.53. The maximum absolute atomic E-state index is 6.26. The minimum absolute atomic E-state index is 0.234. The van der Waals surface area contributed by atoms with Crippen LogP contribution in [0.4, 0.5) is 5.69 Å². The van der Waals surface area contributed by atoms with Gasteiger partial charge in [-0.25, -0.2) is 0 Å². The lowest BCUT2D eigenvalue weighted by Gasteiger charge is -2.23. The molecule has 110 valence electrons. The first-order valence-electron chi connectivity index (χ1n) is 7.58. The highest BCUT2D eigenvalue weighted by Crippen LogP contribution is 2.27. The van der Waals surface area contributed by atoms with Crippen LogP contribution in [-0.4, -0.2) is 6.54 Å². The van der Waals surface area contributed by atoms with Crippen molar-refractivity contribution in [3.63, 3.8) is 0 Å². The Labute approximate surface area is 131 Å². The van der Waals surface area contributed by atoms with Gasteiger partial charge in [-0.15, -0.1) is 0 Å². The minimum atomic E-state index is 0.234. The first-order chi connectivity index (χ1) is 10.3. The second kappa shape index (κ2) is 6.50. The Hall–Kier alpha value is -1.51. The van der Waals surface area contributed by atoms with Gasteiger partial charge in [0, 0.05) is 29.8 Å². The quantitative estimate of drug-likeness (QED) is 0.865. The fourth-order valence-electron chi connectivity index (χ4n) is 2.93. The van der Waals surface area contributed by atoms with Crippen molar-refractivity contribution in [2.75, 3.05) is 11.9 Å². The van der Waals surface area contributed by atoms with Crippen LogP contribution in [0.15, 0.2) is 42.5 Å². The van der Waals surface area contributed by atoms with Gasteiger partial charge in [-0.3, -0.25) is 0 Å². The van der Waals surface area contributed by atoms with E-state index in [2.05, 4.69) is 41.8 Å². The summed E-state index contributed by atoms with van der Waals surface area (Å²) in [6, 6.07) is 14.8. The van der Waals surface area contributed by atoms with Crippen LogP contribution in [-0.2, 0) is 13.0 Å². The van der Waals surface area contributed by atoms with E-state index in [0.717, 1.165) is 23.7 Å². The predicted molar refractivity (Wildman–Crippen MR) is 90.0 cm³/mol. The van der Waals surface area contributed by atoms with Crippen LogP contribution in [0.1, 0.15) is 36.1 Å². The molecule has 3 rings (SSSR count). The standard InChI is InChI=1S/C18H21ClN2/c1-13(16-9-2-3-10-17(16)19)21-12-15-7-4-6-14-8-5-11-20-18(14)15/h2-4,6-7,9-10,13,20-21H,5,8,11-12H2,1H3/t13-/m1/s1. The molecule has 1 atom stereocenters. The molecule has 2 nitrogen and oxygen atoms in total. The first kappa shape index (κ1) is 14.4. The smallest absolute Gasteiger partial charge is 0.0453 e. The van der Waals surface area contributed by atoms with Gasteiger partial charge in [-0.2, -0.15) is 0 Å². The van der Waals surface area contributed by atoms with Crippen LogP contribution < -0.4 is 10.6 Å². The van der Waals surface area contributed by atoms with Gasteiger partial charge in [0.05, 0.1) is 0 Å². The molecule has 0 unspecified atom stereocenters. The topological polar surface area (TPSA) is 24.1 Å². The number of nitrogens with one attached hydrogen (secondary N) is 2. The summed E-state index contributed by atoms with van der Waals surface area (Å²) in [6.45, 7) is 4.08. The molecule has 1 heterocycles. The van der Waals surface area contributed by atoms with E-state index in [9.17, 15) is 0 Å². The van der Waals surface area contributed by atoms with E-state index in [0.29, 0.717) is 0 Å². The lowest BCUT2D eigenvalue weighted by atomic mass is 9.99. The highest BCUT2D eigenvalue weighted by atomic mass is 35.5. The molecule has 1 aliphatic heterocycles. The van der Waals surface area contributed by atoms with Crippen LogP contribution >= 0.6 is 11.6 Å². The number of rotatable bonds is 4. The van der Waals surface area contributed by atoms with Crippen molar-refractivity contribution in [3.8, 4) is 0 Å². The summed E-state index contributed by atoms with van der Waals surface area (Å²) >= 11 is 6.26. The van der Waals surface area contributed by atoms with E-state index in [1.165, 1.54) is 29.7 Å². The van der Waals surface area contributed by atoms with E-state index >= 15 is 0 Å². The van der Waals surface area contributed by atoms with Crippen LogP contribution in [0.2, 0.25) is 5.02 Å². The third kappa shape index (κ3) is 3.22. The third-order valence-corrected chi connectivity index (χ3v) is 4.48. The van der Waals surface area contributed by atoms with Gasteiger partial charge < -0.3 is 10.6 Å². The Morgan fingerprint density at radius 3 is 2.90 bits per heavy atom. The summed E-state index contributed by atoms with van der Waals surface area (Å²) in [4.78, 5) is 0. The highest BCUT2D eigenvalue weighted by Gasteiger charge is 2.13. The molecule has 0 fully saturated rings. The van der Waals surface area contributed by atoms with Crippen molar-refractivity contribution in [1.29, 1.82) is 0 Å². The van der Waals surface area contributed by atoms with E-state index in [1.807, 2.05) is 18.2 Å². The Kier molecular flexibility index (Phi) is 4.47. The Balaban J connectivity index is 1.72. The molecule has 21 heavy (non-hydrogen) atoms. The maximum Gasteiger partial charge on any atom is 0.0453 e. The molecule has 0 aliphatic carbocycles. The van der Waals surface area contributed by atoms with Crippen molar-refractivity contribution in [3.05, 3.63) is 64.2 Å². The summed E-state index contributed by atoms with van der Waals surface area (Å²) in [5.41, 5.74) is 5.25. The van der Waals surface area contributed by atoms with Gasteiger partial charge in [-0.05, 0) is 42.5 Å². The van der Waals surface area contributed by atoms with Gasteiger partial charge in [-0.1, -0.05) is 48.0 Å². The van der Waals surface area contributed by atoms with Gasteiger partial charge >= 0.3 is 0 Å². The molecule has 0 spiro atoms. The fourth-order valence-corrected chi connectivity index (χ4v) is 3.23. The molecular formula is C18H21ClN2. The van der Waals surface area contributed by atoms with Gasteiger partial charge in [0.1, 0.15) is 0 Å². The second-order valence-electron chi connectivity index (χ2n) is 5.61. The zero-order chi connectivity index (χ0) is 14.7. The first-order valence-corrected chi connectivity index (χ1v) is 7.96. The predicted octanol–water partition coefficient (Wildman–Crippen LogP) is 4.55. The van der Waals surface area contributed by atoms with Crippen LogP contribution in [0.5, 0.6) is 0 Å². The summed E-state index contributed by atoms with van der Waals surface area (Å²) in [6.07, 6.45) is 2.40. The van der Waals surface area contributed by atoms with Gasteiger partial charge in [0.25, 0.3) is 0 Å². The Morgan fingerprint density at radius 1 is 1.19 bits per heavy atom. The van der Waals surface area contributed by atoms with E-state index in [-0.39, 0.29) is 6.04 Å². The van der Waals surface area contributed by atoms with Crippen molar-refractivity contribution < 1.29 is 0 Å². The number of aryl methyl sites for hydroxylation is 1. The monoisotopic (exact) mass is 300 g/mol. The molecule has 0 radical (unpaired) electrons. The van der Waals surface area contributed by atoms with E-state index < -0.39 is 0 Å². The van der Waals surface area contributed by atoms with E-state index in [4.69, 9.17) is 11.6 Å². The van der Waals surface area contributed by atoms with E-state index in [1.54, 1.807) is 0 Å². The lowest BCUT2D eigenvalue weighted by molar-refractivity contribution is 0.574. The summed E-state index contributed by atoms with van der Waals surface area (Å²) in [5, 5.41) is 7.95. The fraction of sp³-hybridized carbons (Fsp3) is 0.333. The second-order valence-corrected chi connectivity index (χ2v) is 6.01. The largest absolute Gasteiger partial charge is 0.385 e. The van der Waals surface area contributed by atoms with Crippen LogP contribution in [0.3, 0.4) is 0 Å². The molecule has 0 saturated heterocycles. The average molecular weight is 301 g/mol. The number of para-hydroxylation sites is 1. The highest BCUT2D eigenvalue weighted by molar-refractivity contribution is 6.31. The Bertz CT molecular complexity index is 624. The summed E-state index contributed by atoms with van der Waals surface area (Å²) in [7, 11) is 0. The van der Waals surface area contributed by atoms with Crippen molar-refractivity contribution in [2.45, 2.75) is 32.4 Å². The zero-order valence-corrected chi connectivity index (χ0v) is 13.1. The molecule has 1 aliphatic rings. The molecular weight excluding hydrogens is 280 g/mol. The molecule has 2 N–H and O–H groups in total. The number of fused-ring (bicyclic) bond motifs is 1. The van der Waals surface area contributed by atoms with Crippen molar-refractivity contribution in [2.24, 2.45) is 0 Å². The van der Waals surface area contributed by atoms with Crippen molar-refractivity contribution in [1.82, 2.24) is 5.32 Å². The van der Waals surface area contributed by atoms with Crippen LogP contribution in [0.25, 0.3) is 0 Å². The molecule has 0 bridgehead atoms. The number of halogens is 1. The molecule has 2 aromatic rings. The molecule has 3 heteroatoms. The SMILES string of the molecule is C[C@@H](NCc1cccc2c1NCCC2)c1ccccc1Cl. The van der Waals surface area contributed by atoms with Crippen LogP contribution in [0, 0.1) is 0 Å². The number of hydrogen-bond acceptors (Lipinski definition) is 2. The number of hydrogen-bond donors (Lipinski definition) is 2. The maximum atomic E-state index is 6.26. The van der Waals surface area contributed by atoms with Gasteiger partial charge in [0.2, 0.25) is 0 Å². The summed E-state index contributed by atoms with van der Waals surface area (Å²) in [5.74, 6) is 0. The minimum Gasteiger partial charge on any atom is -0.385 e. The number of anilines is 1. The third-order valence-electron chi connectivity index (χ3n) is 4.13. The molecule has 0 aromatic heterocycles. The lowest BCUT2D eigenvalue weighted by Crippen LogP contribution is -2.21. The molecule has 2 aromatic carbocycles. The van der Waals surface area contributed by atoms with Gasteiger partial charge in [0.15, 0.2) is 0 Å². The normalized spacial score (nSPS) is 15.1. The summed E-state index contributed by atoms with van der Waals surface area (Å²) < 4.78 is 0.